The molecule has 0 aliphatic carbocycles. The molecule has 35 heavy (non-hydrogen) atoms. The second-order valence-electron chi connectivity index (χ2n) is 7.98. The van der Waals surface area contributed by atoms with Crippen LogP contribution in [0.15, 0.2) is 60.7 Å². The number of hydrogen-bond donors (Lipinski definition) is 0. The molecule has 0 radical (unpaired) electrons. The standard InChI is InChI=1S/C27H19F7O/c1-2-35-19-8-10-20(22(28)14-19)17-7-9-21-18(13-17)6-5-16(26(21)31)4-3-15-11-23(29)25(24(30)12-15)27(32,33)34/h5-14H,2-4H2,1H3. The highest BCUT2D eigenvalue weighted by Crippen LogP contribution is 2.35. The van der Waals surface area contributed by atoms with Gasteiger partial charge in [-0.05, 0) is 72.2 Å². The van der Waals surface area contributed by atoms with Crippen molar-refractivity contribution in [2.45, 2.75) is 25.9 Å². The SMILES string of the molecule is CCOc1ccc(-c2ccc3c(F)c(CCc4cc(F)c(C(F)(F)F)c(F)c4)ccc3c2)c(F)c1. The van der Waals surface area contributed by atoms with Gasteiger partial charge in [0.05, 0.1) is 6.61 Å². The molecule has 1 nitrogen and oxygen atoms in total. The molecule has 4 aromatic carbocycles. The van der Waals surface area contributed by atoms with E-state index < -0.39 is 35.0 Å². The minimum atomic E-state index is -5.15. The molecule has 0 heterocycles. The van der Waals surface area contributed by atoms with Crippen molar-refractivity contribution >= 4 is 10.8 Å². The molecular formula is C27H19F7O. The van der Waals surface area contributed by atoms with E-state index in [1.165, 1.54) is 18.2 Å². The predicted octanol–water partition coefficient (Wildman–Crippen LogP) is 8.27. The van der Waals surface area contributed by atoms with Gasteiger partial charge in [-0.2, -0.15) is 13.2 Å². The van der Waals surface area contributed by atoms with Crippen molar-refractivity contribution in [1.82, 2.24) is 0 Å². The van der Waals surface area contributed by atoms with Crippen molar-refractivity contribution in [3.8, 4) is 16.9 Å². The highest BCUT2D eigenvalue weighted by molar-refractivity contribution is 5.88. The topological polar surface area (TPSA) is 9.23 Å². The number of ether oxygens (including phenoxy) is 1. The van der Waals surface area contributed by atoms with Crippen LogP contribution in [-0.2, 0) is 19.0 Å². The lowest BCUT2D eigenvalue weighted by atomic mass is 9.96. The maximum absolute atomic E-state index is 15.1. The number of halogens is 7. The van der Waals surface area contributed by atoms with E-state index in [9.17, 15) is 26.3 Å². The van der Waals surface area contributed by atoms with Crippen LogP contribution in [0.25, 0.3) is 21.9 Å². The largest absolute Gasteiger partial charge is 0.494 e. The fraction of sp³-hybridized carbons (Fsp3) is 0.185. The van der Waals surface area contributed by atoms with Gasteiger partial charge in [0.1, 0.15) is 34.6 Å². The van der Waals surface area contributed by atoms with Gasteiger partial charge in [-0.3, -0.25) is 0 Å². The van der Waals surface area contributed by atoms with Crippen molar-refractivity contribution in [2.75, 3.05) is 6.61 Å². The van der Waals surface area contributed by atoms with Crippen molar-refractivity contribution in [2.24, 2.45) is 0 Å². The van der Waals surface area contributed by atoms with Gasteiger partial charge in [0.15, 0.2) is 0 Å². The van der Waals surface area contributed by atoms with Gasteiger partial charge >= 0.3 is 6.18 Å². The van der Waals surface area contributed by atoms with Crippen molar-refractivity contribution in [1.29, 1.82) is 0 Å². The summed E-state index contributed by atoms with van der Waals surface area (Å²) in [5.74, 6) is -4.06. The summed E-state index contributed by atoms with van der Waals surface area (Å²) in [6.07, 6.45) is -5.20. The highest BCUT2D eigenvalue weighted by atomic mass is 19.4. The number of benzene rings is 4. The molecule has 0 aromatic heterocycles. The first-order chi connectivity index (χ1) is 16.6. The van der Waals surface area contributed by atoms with Gasteiger partial charge < -0.3 is 4.74 Å². The minimum absolute atomic E-state index is 0.0152. The zero-order valence-corrected chi connectivity index (χ0v) is 18.4. The summed E-state index contributed by atoms with van der Waals surface area (Å²) >= 11 is 0. The lowest BCUT2D eigenvalue weighted by Crippen LogP contribution is -2.12. The molecule has 4 rings (SSSR count). The minimum Gasteiger partial charge on any atom is -0.494 e. The van der Waals surface area contributed by atoms with Crippen LogP contribution in [0, 0.1) is 23.3 Å². The monoisotopic (exact) mass is 492 g/mol. The molecule has 0 unspecified atom stereocenters. The van der Waals surface area contributed by atoms with E-state index in [-0.39, 0.29) is 29.4 Å². The Morgan fingerprint density at radius 3 is 2.09 bits per heavy atom. The molecule has 0 saturated carbocycles. The van der Waals surface area contributed by atoms with Crippen molar-refractivity contribution in [3.63, 3.8) is 0 Å². The Morgan fingerprint density at radius 1 is 0.743 bits per heavy atom. The Bertz CT molecular complexity index is 1370. The molecule has 4 aromatic rings. The third-order valence-corrected chi connectivity index (χ3v) is 5.66. The van der Waals surface area contributed by atoms with E-state index in [2.05, 4.69) is 0 Å². The molecule has 0 atom stereocenters. The first-order valence-electron chi connectivity index (χ1n) is 10.8. The van der Waals surface area contributed by atoms with Crippen LogP contribution in [-0.4, -0.2) is 6.61 Å². The highest BCUT2D eigenvalue weighted by Gasteiger charge is 2.37. The van der Waals surface area contributed by atoms with Crippen LogP contribution in [0.4, 0.5) is 30.7 Å². The molecule has 182 valence electrons. The quantitative estimate of drug-likeness (QED) is 0.246. The number of hydrogen-bond acceptors (Lipinski definition) is 1. The zero-order valence-electron chi connectivity index (χ0n) is 18.4. The number of rotatable bonds is 6. The normalized spacial score (nSPS) is 11.8. The lowest BCUT2D eigenvalue weighted by molar-refractivity contribution is -0.142. The van der Waals surface area contributed by atoms with Gasteiger partial charge in [0, 0.05) is 17.0 Å². The Labute approximate surface area is 196 Å². The second kappa shape index (κ2) is 9.60. The van der Waals surface area contributed by atoms with E-state index in [1.807, 2.05) is 0 Å². The zero-order chi connectivity index (χ0) is 25.3. The maximum Gasteiger partial charge on any atom is 0.422 e. The summed E-state index contributed by atoms with van der Waals surface area (Å²) in [5, 5.41) is 0.783. The number of fused-ring (bicyclic) bond motifs is 1. The summed E-state index contributed by atoms with van der Waals surface area (Å²) in [7, 11) is 0. The fourth-order valence-electron chi connectivity index (χ4n) is 4.00. The third-order valence-electron chi connectivity index (χ3n) is 5.66. The predicted molar refractivity (Wildman–Crippen MR) is 119 cm³/mol. The van der Waals surface area contributed by atoms with E-state index in [4.69, 9.17) is 4.74 Å². The molecule has 0 aliphatic rings. The Kier molecular flexibility index (Phi) is 6.74. The molecule has 0 saturated heterocycles. The Balaban J connectivity index is 1.58. The maximum atomic E-state index is 15.1. The first kappa shape index (κ1) is 24.6. The summed E-state index contributed by atoms with van der Waals surface area (Å²) in [6, 6.07) is 13.6. The van der Waals surface area contributed by atoms with Gasteiger partial charge in [0.25, 0.3) is 0 Å². The van der Waals surface area contributed by atoms with Gasteiger partial charge in [-0.1, -0.05) is 24.3 Å². The summed E-state index contributed by atoms with van der Waals surface area (Å²) in [4.78, 5) is 0. The van der Waals surface area contributed by atoms with Crippen LogP contribution in [0.5, 0.6) is 5.75 Å². The van der Waals surface area contributed by atoms with E-state index in [1.54, 1.807) is 37.3 Å². The third kappa shape index (κ3) is 5.11. The van der Waals surface area contributed by atoms with Crippen LogP contribution in [0.3, 0.4) is 0 Å². The van der Waals surface area contributed by atoms with Gasteiger partial charge in [-0.25, -0.2) is 17.6 Å². The average molecular weight is 492 g/mol. The van der Waals surface area contributed by atoms with Gasteiger partial charge in [-0.15, -0.1) is 0 Å². The second-order valence-corrected chi connectivity index (χ2v) is 7.98. The molecule has 8 heteroatoms. The summed E-state index contributed by atoms with van der Waals surface area (Å²) in [6.45, 7) is 2.19. The summed E-state index contributed by atoms with van der Waals surface area (Å²) in [5.41, 5.74) is -0.864. The van der Waals surface area contributed by atoms with Crippen LogP contribution < -0.4 is 4.74 Å². The van der Waals surface area contributed by atoms with Crippen molar-refractivity contribution < 1.29 is 35.5 Å². The molecule has 0 bridgehead atoms. The molecule has 0 N–H and O–H groups in total. The Morgan fingerprint density at radius 2 is 1.46 bits per heavy atom. The number of alkyl halides is 3. The molecular weight excluding hydrogens is 473 g/mol. The Hall–Kier alpha value is -3.55. The van der Waals surface area contributed by atoms with E-state index in [0.717, 1.165) is 0 Å². The first-order valence-corrected chi connectivity index (χ1v) is 10.8. The van der Waals surface area contributed by atoms with Crippen LogP contribution in [0.1, 0.15) is 23.6 Å². The van der Waals surface area contributed by atoms with Crippen LogP contribution in [0.2, 0.25) is 0 Å². The molecule has 0 aliphatic heterocycles. The lowest BCUT2D eigenvalue weighted by Gasteiger charge is -2.12. The van der Waals surface area contributed by atoms with E-state index >= 15 is 4.39 Å². The fourth-order valence-corrected chi connectivity index (χ4v) is 4.00. The van der Waals surface area contributed by atoms with Crippen molar-refractivity contribution in [3.05, 3.63) is 101 Å². The van der Waals surface area contributed by atoms with E-state index in [0.29, 0.717) is 41.0 Å². The smallest absolute Gasteiger partial charge is 0.422 e. The molecule has 0 spiro atoms. The van der Waals surface area contributed by atoms with Gasteiger partial charge in [0.2, 0.25) is 0 Å². The summed E-state index contributed by atoms with van der Waals surface area (Å²) < 4.78 is 101. The van der Waals surface area contributed by atoms with Crippen LogP contribution >= 0.6 is 0 Å². The molecule has 0 amide bonds. The number of aryl methyl sites for hydroxylation is 2. The average Bonchev–Trinajstić information content (AvgIpc) is 2.77. The molecule has 0 fully saturated rings.